The molecule has 0 aliphatic carbocycles. The monoisotopic (exact) mass is 402 g/mol. The van der Waals surface area contributed by atoms with Crippen LogP contribution in [0.15, 0.2) is 48.5 Å². The summed E-state index contributed by atoms with van der Waals surface area (Å²) in [4.78, 5) is 12.9. The van der Waals surface area contributed by atoms with E-state index in [0.717, 1.165) is 29.4 Å². The topological polar surface area (TPSA) is 66.5 Å². The summed E-state index contributed by atoms with van der Waals surface area (Å²) in [5, 5.41) is 3.00. The van der Waals surface area contributed by atoms with Gasteiger partial charge in [-0.05, 0) is 49.9 Å². The van der Waals surface area contributed by atoms with Crippen LogP contribution in [0.4, 0.5) is 5.69 Å². The molecule has 2 aromatic carbocycles. The van der Waals surface area contributed by atoms with E-state index in [-0.39, 0.29) is 11.9 Å². The lowest BCUT2D eigenvalue weighted by molar-refractivity contribution is -0.122. The molecular weight excluding hydrogens is 372 g/mol. The highest BCUT2D eigenvalue weighted by Crippen LogP contribution is 2.23. The quantitative estimate of drug-likeness (QED) is 0.726. The number of rotatable bonds is 8. The Kier molecular flexibility index (Phi) is 7.24. The molecule has 152 valence electrons. The van der Waals surface area contributed by atoms with Crippen molar-refractivity contribution >= 4 is 21.6 Å². The molecule has 1 amide bonds. The summed E-state index contributed by atoms with van der Waals surface area (Å²) in [6.45, 7) is 7.66. The van der Waals surface area contributed by atoms with Gasteiger partial charge in [-0.25, -0.2) is 8.42 Å². The van der Waals surface area contributed by atoms with Crippen LogP contribution in [0.2, 0.25) is 0 Å². The van der Waals surface area contributed by atoms with Crippen molar-refractivity contribution in [2.24, 2.45) is 0 Å². The van der Waals surface area contributed by atoms with Crippen LogP contribution in [-0.2, 0) is 21.2 Å². The molecule has 2 rings (SSSR count). The molecule has 5 nitrogen and oxygen atoms in total. The number of carbonyl (C=O) groups is 1. The first-order valence-corrected chi connectivity index (χ1v) is 11.5. The van der Waals surface area contributed by atoms with Gasteiger partial charge in [-0.15, -0.1) is 0 Å². The van der Waals surface area contributed by atoms with Gasteiger partial charge in [0.25, 0.3) is 0 Å². The molecule has 0 spiro atoms. The molecule has 0 saturated heterocycles. The van der Waals surface area contributed by atoms with Crippen LogP contribution in [0, 0.1) is 6.92 Å². The number of amides is 1. The summed E-state index contributed by atoms with van der Waals surface area (Å²) in [6.07, 6.45) is 2.71. The molecule has 2 aromatic rings. The number of sulfonamides is 1. The van der Waals surface area contributed by atoms with Gasteiger partial charge >= 0.3 is 0 Å². The van der Waals surface area contributed by atoms with Gasteiger partial charge in [0, 0.05) is 0 Å². The molecule has 1 N–H and O–H groups in total. The molecule has 2 atom stereocenters. The molecule has 28 heavy (non-hydrogen) atoms. The maximum absolute atomic E-state index is 12.9. The van der Waals surface area contributed by atoms with Gasteiger partial charge < -0.3 is 5.32 Å². The zero-order chi connectivity index (χ0) is 20.9. The lowest BCUT2D eigenvalue weighted by atomic mass is 10.0. The van der Waals surface area contributed by atoms with E-state index in [2.05, 4.69) is 5.32 Å². The van der Waals surface area contributed by atoms with Crippen molar-refractivity contribution < 1.29 is 13.2 Å². The van der Waals surface area contributed by atoms with Crippen molar-refractivity contribution in [3.05, 3.63) is 65.2 Å². The predicted octanol–water partition coefficient (Wildman–Crippen LogP) is 3.98. The van der Waals surface area contributed by atoms with Crippen molar-refractivity contribution in [3.63, 3.8) is 0 Å². The van der Waals surface area contributed by atoms with Crippen LogP contribution in [0.5, 0.6) is 0 Å². The van der Waals surface area contributed by atoms with Crippen LogP contribution in [0.1, 0.15) is 49.9 Å². The van der Waals surface area contributed by atoms with Crippen LogP contribution >= 0.6 is 0 Å². The van der Waals surface area contributed by atoms with Gasteiger partial charge in [-0.2, -0.15) is 0 Å². The summed E-state index contributed by atoms with van der Waals surface area (Å²) in [5.41, 5.74) is 3.76. The summed E-state index contributed by atoms with van der Waals surface area (Å²) in [7, 11) is -3.62. The fourth-order valence-corrected chi connectivity index (χ4v) is 4.37. The minimum atomic E-state index is -3.62. The minimum absolute atomic E-state index is 0.167. The second-order valence-corrected chi connectivity index (χ2v) is 8.99. The van der Waals surface area contributed by atoms with Crippen molar-refractivity contribution in [2.45, 2.75) is 52.6 Å². The third kappa shape index (κ3) is 5.35. The molecular formula is C22H30N2O3S. The molecule has 0 bridgehead atoms. The van der Waals surface area contributed by atoms with E-state index in [1.54, 1.807) is 19.1 Å². The number of nitrogens with one attached hydrogen (secondary N) is 1. The Bertz CT molecular complexity index is 890. The van der Waals surface area contributed by atoms with Crippen LogP contribution in [0.3, 0.4) is 0 Å². The second kappa shape index (κ2) is 9.24. The van der Waals surface area contributed by atoms with Crippen molar-refractivity contribution in [1.82, 2.24) is 5.32 Å². The van der Waals surface area contributed by atoms with E-state index in [0.29, 0.717) is 12.1 Å². The van der Waals surface area contributed by atoms with Gasteiger partial charge in [0.2, 0.25) is 15.9 Å². The Balaban J connectivity index is 2.26. The van der Waals surface area contributed by atoms with E-state index in [1.165, 1.54) is 4.31 Å². The van der Waals surface area contributed by atoms with Crippen LogP contribution in [-0.4, -0.2) is 26.6 Å². The number of hydrogen-bond acceptors (Lipinski definition) is 3. The highest BCUT2D eigenvalue weighted by Gasteiger charge is 2.30. The first-order chi connectivity index (χ1) is 13.2. The Morgan fingerprint density at radius 2 is 1.61 bits per heavy atom. The molecule has 0 saturated carbocycles. The summed E-state index contributed by atoms with van der Waals surface area (Å²) >= 11 is 0. The number of carbonyl (C=O) groups excluding carboxylic acids is 1. The molecule has 6 heteroatoms. The van der Waals surface area contributed by atoms with E-state index in [4.69, 9.17) is 0 Å². The first-order valence-electron chi connectivity index (χ1n) is 9.62. The van der Waals surface area contributed by atoms with E-state index in [1.807, 2.05) is 57.2 Å². The third-order valence-electron chi connectivity index (χ3n) is 4.89. The van der Waals surface area contributed by atoms with Crippen molar-refractivity contribution in [3.8, 4) is 0 Å². The lowest BCUT2D eigenvalue weighted by Gasteiger charge is -2.30. The molecule has 0 fully saturated rings. The largest absolute Gasteiger partial charge is 0.347 e. The maximum atomic E-state index is 12.9. The highest BCUT2D eigenvalue weighted by molar-refractivity contribution is 7.92. The average molecular weight is 403 g/mol. The number of benzene rings is 2. The van der Waals surface area contributed by atoms with E-state index >= 15 is 0 Å². The summed E-state index contributed by atoms with van der Waals surface area (Å²) < 4.78 is 26.1. The number of hydrogen-bond donors (Lipinski definition) is 1. The Morgan fingerprint density at radius 1 is 1.04 bits per heavy atom. The smallest absolute Gasteiger partial charge is 0.244 e. The van der Waals surface area contributed by atoms with Crippen LogP contribution < -0.4 is 9.62 Å². The van der Waals surface area contributed by atoms with Gasteiger partial charge in [0.05, 0.1) is 18.0 Å². The third-order valence-corrected chi connectivity index (χ3v) is 6.13. The summed E-state index contributed by atoms with van der Waals surface area (Å²) in [5.74, 6) is -0.322. The lowest BCUT2D eigenvalue weighted by Crippen LogP contribution is -2.48. The summed E-state index contributed by atoms with van der Waals surface area (Å²) in [6, 6.07) is 14.2. The Hall–Kier alpha value is -2.34. The van der Waals surface area contributed by atoms with Crippen molar-refractivity contribution in [2.75, 3.05) is 10.6 Å². The zero-order valence-electron chi connectivity index (χ0n) is 17.3. The normalized spacial score (nSPS) is 13.6. The molecule has 0 radical (unpaired) electrons. The van der Waals surface area contributed by atoms with E-state index < -0.39 is 16.1 Å². The Morgan fingerprint density at radius 3 is 2.07 bits per heavy atom. The van der Waals surface area contributed by atoms with Gasteiger partial charge in [-0.3, -0.25) is 9.10 Å². The number of anilines is 1. The average Bonchev–Trinajstić information content (AvgIpc) is 2.66. The first kappa shape index (κ1) is 22.0. The maximum Gasteiger partial charge on any atom is 0.244 e. The standard InChI is InChI=1S/C22H30N2O3S/c1-6-18-10-14-20(15-11-18)24(28(5,26)27)17(4)22(25)23-21(7-2)19-12-8-16(3)9-13-19/h8-15,17,21H,6-7H2,1-5H3,(H,23,25)/t17-,21-/m1/s1. The molecule has 0 unspecified atom stereocenters. The van der Waals surface area contributed by atoms with Gasteiger partial charge in [0.15, 0.2) is 0 Å². The molecule has 0 aromatic heterocycles. The molecule has 0 aliphatic heterocycles. The van der Waals surface area contributed by atoms with Crippen molar-refractivity contribution in [1.29, 1.82) is 0 Å². The number of aryl methyl sites for hydroxylation is 2. The minimum Gasteiger partial charge on any atom is -0.347 e. The Labute approximate surface area is 168 Å². The second-order valence-electron chi connectivity index (χ2n) is 7.13. The molecule has 0 heterocycles. The SMILES string of the molecule is CCc1ccc(N([C@H](C)C(=O)N[C@H](CC)c2ccc(C)cc2)S(C)(=O)=O)cc1. The van der Waals surface area contributed by atoms with E-state index in [9.17, 15) is 13.2 Å². The predicted molar refractivity (Wildman–Crippen MR) is 115 cm³/mol. The van der Waals surface area contributed by atoms with Crippen LogP contribution in [0.25, 0.3) is 0 Å². The zero-order valence-corrected chi connectivity index (χ0v) is 18.1. The fraction of sp³-hybridized carbons (Fsp3) is 0.409. The van der Waals surface area contributed by atoms with Gasteiger partial charge in [0.1, 0.15) is 6.04 Å². The van der Waals surface area contributed by atoms with Gasteiger partial charge in [-0.1, -0.05) is 55.8 Å². The number of nitrogens with zero attached hydrogens (tertiary/aromatic N) is 1. The fourth-order valence-electron chi connectivity index (χ4n) is 3.20. The highest BCUT2D eigenvalue weighted by atomic mass is 32.2. The molecule has 0 aliphatic rings.